The maximum absolute atomic E-state index is 6.80. The monoisotopic (exact) mass is 305 g/mol. The van der Waals surface area contributed by atoms with E-state index < -0.39 is 0 Å². The lowest BCUT2D eigenvalue weighted by molar-refractivity contribution is 0.389. The van der Waals surface area contributed by atoms with Crippen LogP contribution in [0.3, 0.4) is 0 Å². The third-order valence-corrected chi connectivity index (χ3v) is 4.67. The van der Waals surface area contributed by atoms with Gasteiger partial charge in [0.05, 0.1) is 0 Å². The molecular formula is C21H39N. The summed E-state index contributed by atoms with van der Waals surface area (Å²) in [5, 5.41) is 0. The molecule has 0 aliphatic carbocycles. The second-order valence-corrected chi connectivity index (χ2v) is 7.75. The van der Waals surface area contributed by atoms with E-state index in [1.54, 1.807) is 0 Å². The van der Waals surface area contributed by atoms with Gasteiger partial charge in [0, 0.05) is 0 Å². The van der Waals surface area contributed by atoms with E-state index in [9.17, 15) is 0 Å². The van der Waals surface area contributed by atoms with Gasteiger partial charge in [-0.2, -0.15) is 0 Å². The van der Waals surface area contributed by atoms with Crippen LogP contribution in [-0.2, 0) is 0 Å². The van der Waals surface area contributed by atoms with Gasteiger partial charge in [0.25, 0.3) is 0 Å². The van der Waals surface area contributed by atoms with Crippen molar-refractivity contribution in [1.29, 1.82) is 0 Å². The van der Waals surface area contributed by atoms with Crippen LogP contribution in [-0.4, -0.2) is 6.54 Å². The molecule has 0 fully saturated rings. The Morgan fingerprint density at radius 1 is 0.864 bits per heavy atom. The number of hydrogen-bond acceptors (Lipinski definition) is 0. The van der Waals surface area contributed by atoms with E-state index in [4.69, 9.17) is 6.57 Å². The highest BCUT2D eigenvalue weighted by molar-refractivity contribution is 5.01. The Labute approximate surface area is 140 Å². The summed E-state index contributed by atoms with van der Waals surface area (Å²) < 4.78 is 0. The summed E-state index contributed by atoms with van der Waals surface area (Å²) in [7, 11) is 0. The largest absolute Gasteiger partial charge is 0.312 e. The van der Waals surface area contributed by atoms with E-state index in [1.807, 2.05) is 0 Å². The maximum atomic E-state index is 6.80. The average Bonchev–Trinajstić information content (AvgIpc) is 2.44. The van der Waals surface area contributed by atoms with Crippen LogP contribution < -0.4 is 0 Å². The molecule has 0 aromatic carbocycles. The van der Waals surface area contributed by atoms with Crippen LogP contribution in [0.5, 0.6) is 0 Å². The SMILES string of the molecule is [C-]#[N+]C/C=C(\C)CCCC(C)CCCC(C)CCCC(C)C. The van der Waals surface area contributed by atoms with Crippen LogP contribution in [0.1, 0.15) is 92.4 Å². The Morgan fingerprint density at radius 2 is 1.36 bits per heavy atom. The van der Waals surface area contributed by atoms with Gasteiger partial charge >= 0.3 is 0 Å². The van der Waals surface area contributed by atoms with E-state index in [0.717, 1.165) is 17.8 Å². The molecule has 128 valence electrons. The molecule has 0 aliphatic heterocycles. The van der Waals surface area contributed by atoms with Crippen molar-refractivity contribution in [3.05, 3.63) is 23.1 Å². The zero-order valence-electron chi connectivity index (χ0n) is 15.8. The molecule has 0 N–H and O–H groups in total. The first-order chi connectivity index (χ1) is 10.5. The molecule has 2 atom stereocenters. The van der Waals surface area contributed by atoms with Gasteiger partial charge in [-0.1, -0.05) is 78.2 Å². The quantitative estimate of drug-likeness (QED) is 0.248. The van der Waals surface area contributed by atoms with Crippen molar-refractivity contribution in [3.8, 4) is 0 Å². The topological polar surface area (TPSA) is 4.36 Å². The molecule has 0 radical (unpaired) electrons. The van der Waals surface area contributed by atoms with Gasteiger partial charge in [-0.25, -0.2) is 6.57 Å². The van der Waals surface area contributed by atoms with Gasteiger partial charge in [0.1, 0.15) is 0 Å². The smallest absolute Gasteiger partial charge is 0.233 e. The van der Waals surface area contributed by atoms with Gasteiger partial charge in [-0.15, -0.1) is 0 Å². The first kappa shape index (κ1) is 21.2. The average molecular weight is 306 g/mol. The molecule has 0 aromatic heterocycles. The van der Waals surface area contributed by atoms with Crippen LogP contribution in [0.4, 0.5) is 0 Å². The van der Waals surface area contributed by atoms with Crippen molar-refractivity contribution < 1.29 is 0 Å². The Hall–Kier alpha value is -0.770. The summed E-state index contributed by atoms with van der Waals surface area (Å²) in [4.78, 5) is 3.38. The summed E-state index contributed by atoms with van der Waals surface area (Å²) in [6.45, 7) is 19.0. The molecular weight excluding hydrogens is 266 g/mol. The summed E-state index contributed by atoms with van der Waals surface area (Å²) >= 11 is 0. The van der Waals surface area contributed by atoms with E-state index >= 15 is 0 Å². The first-order valence-corrected chi connectivity index (χ1v) is 9.44. The third-order valence-electron chi connectivity index (χ3n) is 4.67. The second-order valence-electron chi connectivity index (χ2n) is 7.75. The molecule has 0 saturated heterocycles. The fourth-order valence-corrected chi connectivity index (χ4v) is 3.01. The fraction of sp³-hybridized carbons (Fsp3) is 0.857. The predicted molar refractivity (Wildman–Crippen MR) is 99.9 cm³/mol. The highest BCUT2D eigenvalue weighted by atomic mass is 14.6. The van der Waals surface area contributed by atoms with Gasteiger partial charge < -0.3 is 4.85 Å². The van der Waals surface area contributed by atoms with Gasteiger partial charge in [0.2, 0.25) is 6.54 Å². The van der Waals surface area contributed by atoms with E-state index in [1.165, 1.54) is 63.4 Å². The lowest BCUT2D eigenvalue weighted by Crippen LogP contribution is -2.00. The highest BCUT2D eigenvalue weighted by Crippen LogP contribution is 2.21. The summed E-state index contributed by atoms with van der Waals surface area (Å²) in [5.74, 6) is 2.63. The van der Waals surface area contributed by atoms with Crippen LogP contribution in [0.15, 0.2) is 11.6 Å². The highest BCUT2D eigenvalue weighted by Gasteiger charge is 2.06. The Morgan fingerprint density at radius 3 is 1.86 bits per heavy atom. The zero-order valence-corrected chi connectivity index (χ0v) is 15.8. The fourth-order valence-electron chi connectivity index (χ4n) is 3.01. The molecule has 0 saturated carbocycles. The van der Waals surface area contributed by atoms with E-state index in [0.29, 0.717) is 6.54 Å². The zero-order chi connectivity index (χ0) is 16.8. The van der Waals surface area contributed by atoms with Crippen molar-refractivity contribution in [2.75, 3.05) is 6.54 Å². The van der Waals surface area contributed by atoms with Gasteiger partial charge in [-0.05, 0) is 43.6 Å². The van der Waals surface area contributed by atoms with E-state index in [2.05, 4.69) is 45.5 Å². The summed E-state index contributed by atoms with van der Waals surface area (Å²) in [6.07, 6.45) is 14.3. The van der Waals surface area contributed by atoms with Gasteiger partial charge in [-0.3, -0.25) is 0 Å². The van der Waals surface area contributed by atoms with Crippen LogP contribution in [0.2, 0.25) is 0 Å². The third kappa shape index (κ3) is 14.2. The normalized spacial score (nSPS) is 14.9. The van der Waals surface area contributed by atoms with E-state index in [-0.39, 0.29) is 0 Å². The molecule has 0 bridgehead atoms. The standard InChI is InChI=1S/C21H39N/c1-18(2)10-7-11-19(3)12-8-13-20(4)14-9-15-21(5)16-17-22-6/h16,18-20H,7-15,17H2,1-5H3/b21-16+. The second kappa shape index (κ2) is 13.9. The lowest BCUT2D eigenvalue weighted by atomic mass is 9.91. The maximum Gasteiger partial charge on any atom is 0.233 e. The molecule has 0 aromatic rings. The Bertz CT molecular complexity index is 321. The summed E-state index contributed by atoms with van der Waals surface area (Å²) in [5.41, 5.74) is 1.39. The van der Waals surface area contributed by atoms with Crippen molar-refractivity contribution in [2.45, 2.75) is 92.4 Å². The summed E-state index contributed by atoms with van der Waals surface area (Å²) in [6, 6.07) is 0. The first-order valence-electron chi connectivity index (χ1n) is 9.44. The van der Waals surface area contributed by atoms with Crippen LogP contribution >= 0.6 is 0 Å². The minimum Gasteiger partial charge on any atom is -0.312 e. The molecule has 0 amide bonds. The molecule has 0 rings (SSSR count). The molecule has 0 heterocycles. The van der Waals surface area contributed by atoms with Crippen molar-refractivity contribution in [1.82, 2.24) is 0 Å². The Kier molecular flexibility index (Phi) is 13.4. The van der Waals surface area contributed by atoms with Crippen molar-refractivity contribution in [2.24, 2.45) is 17.8 Å². The molecule has 0 spiro atoms. The number of nitrogens with zero attached hydrogens (tertiary/aromatic N) is 1. The predicted octanol–water partition coefficient (Wildman–Crippen LogP) is 7.29. The number of allylic oxidation sites excluding steroid dienone is 1. The molecule has 0 aliphatic rings. The lowest BCUT2D eigenvalue weighted by Gasteiger charge is -2.15. The van der Waals surface area contributed by atoms with Crippen molar-refractivity contribution >= 4 is 0 Å². The molecule has 2 unspecified atom stereocenters. The van der Waals surface area contributed by atoms with Crippen molar-refractivity contribution in [3.63, 3.8) is 0 Å². The van der Waals surface area contributed by atoms with Crippen LogP contribution in [0, 0.1) is 24.3 Å². The Balaban J connectivity index is 3.57. The minimum atomic E-state index is 0.552. The number of rotatable bonds is 13. The minimum absolute atomic E-state index is 0.552. The van der Waals surface area contributed by atoms with Gasteiger partial charge in [0.15, 0.2) is 0 Å². The molecule has 22 heavy (non-hydrogen) atoms. The van der Waals surface area contributed by atoms with Crippen LogP contribution in [0.25, 0.3) is 4.85 Å². The number of hydrogen-bond donors (Lipinski definition) is 0. The molecule has 1 nitrogen and oxygen atoms in total. The molecule has 1 heteroatoms.